The number of hydrogen-bond acceptors (Lipinski definition) is 4. The molecular weight excluding hydrogens is 269 g/mol. The molecule has 5 heteroatoms. The number of halogens is 1. The van der Waals surface area contributed by atoms with Crippen LogP contribution in [0.1, 0.15) is 43.1 Å². The Kier molecular flexibility index (Phi) is 4.01. The molecule has 1 aromatic carbocycles. The standard InChI is InChI=1S/C16H20FN3O/c1-10-7-8-11(17)9-13(10)15-19-16(21-20-15)12-5-3-4-6-14(12)18-2/h7-9,12,14,18H,3-6H2,1-2H3. The molecular formula is C16H20FN3O. The van der Waals surface area contributed by atoms with Gasteiger partial charge in [0.1, 0.15) is 5.82 Å². The van der Waals surface area contributed by atoms with Gasteiger partial charge in [0.15, 0.2) is 0 Å². The van der Waals surface area contributed by atoms with Crippen molar-refractivity contribution in [3.63, 3.8) is 0 Å². The van der Waals surface area contributed by atoms with E-state index in [4.69, 9.17) is 4.52 Å². The van der Waals surface area contributed by atoms with Crippen molar-refractivity contribution in [3.05, 3.63) is 35.5 Å². The molecule has 3 rings (SSSR count). The maximum atomic E-state index is 13.4. The number of benzene rings is 1. The zero-order chi connectivity index (χ0) is 14.8. The molecule has 0 radical (unpaired) electrons. The summed E-state index contributed by atoms with van der Waals surface area (Å²) in [5.74, 6) is 1.10. The van der Waals surface area contributed by atoms with Crippen molar-refractivity contribution in [3.8, 4) is 11.4 Å². The predicted octanol–water partition coefficient (Wildman–Crippen LogP) is 3.43. The second-order valence-corrected chi connectivity index (χ2v) is 5.70. The smallest absolute Gasteiger partial charge is 0.231 e. The summed E-state index contributed by atoms with van der Waals surface area (Å²) in [6.45, 7) is 1.92. The summed E-state index contributed by atoms with van der Waals surface area (Å²) < 4.78 is 18.9. The van der Waals surface area contributed by atoms with Gasteiger partial charge in [0.05, 0.1) is 5.92 Å². The van der Waals surface area contributed by atoms with Crippen molar-refractivity contribution in [2.45, 2.75) is 44.6 Å². The van der Waals surface area contributed by atoms with E-state index in [9.17, 15) is 4.39 Å². The van der Waals surface area contributed by atoms with Crippen LogP contribution < -0.4 is 5.32 Å². The van der Waals surface area contributed by atoms with Crippen LogP contribution in [0.4, 0.5) is 4.39 Å². The van der Waals surface area contributed by atoms with Gasteiger partial charge < -0.3 is 9.84 Å². The average Bonchev–Trinajstić information content (AvgIpc) is 2.99. The molecule has 1 fully saturated rings. The van der Waals surface area contributed by atoms with E-state index in [2.05, 4.69) is 15.5 Å². The minimum absolute atomic E-state index is 0.249. The minimum atomic E-state index is -0.285. The quantitative estimate of drug-likeness (QED) is 0.940. The highest BCUT2D eigenvalue weighted by Crippen LogP contribution is 2.33. The molecule has 2 aromatic rings. The summed E-state index contributed by atoms with van der Waals surface area (Å²) in [5.41, 5.74) is 1.64. The SMILES string of the molecule is CNC1CCCCC1c1nc(-c2cc(F)ccc2C)no1. The summed E-state index contributed by atoms with van der Waals surface area (Å²) in [7, 11) is 1.97. The van der Waals surface area contributed by atoms with Gasteiger partial charge in [-0.25, -0.2) is 4.39 Å². The predicted molar refractivity (Wildman–Crippen MR) is 78.5 cm³/mol. The molecule has 21 heavy (non-hydrogen) atoms. The zero-order valence-corrected chi connectivity index (χ0v) is 12.4. The van der Waals surface area contributed by atoms with Crippen molar-refractivity contribution in [1.82, 2.24) is 15.5 Å². The Hall–Kier alpha value is -1.75. The van der Waals surface area contributed by atoms with Crippen molar-refractivity contribution < 1.29 is 8.91 Å². The Bertz CT molecular complexity index is 626. The summed E-state index contributed by atoms with van der Waals surface area (Å²) in [6.07, 6.45) is 4.58. The van der Waals surface area contributed by atoms with E-state index in [1.807, 2.05) is 14.0 Å². The van der Waals surface area contributed by atoms with Crippen LogP contribution in [0.15, 0.2) is 22.7 Å². The normalized spacial score (nSPS) is 22.4. The van der Waals surface area contributed by atoms with E-state index < -0.39 is 0 Å². The molecule has 1 saturated carbocycles. The first kappa shape index (κ1) is 14.2. The molecule has 1 heterocycles. The van der Waals surface area contributed by atoms with Crippen LogP contribution in [-0.2, 0) is 0 Å². The molecule has 0 saturated heterocycles. The third kappa shape index (κ3) is 2.83. The fourth-order valence-corrected chi connectivity index (χ4v) is 3.10. The maximum Gasteiger partial charge on any atom is 0.231 e. The minimum Gasteiger partial charge on any atom is -0.339 e. The molecule has 112 valence electrons. The van der Waals surface area contributed by atoms with Crippen molar-refractivity contribution in [2.24, 2.45) is 0 Å². The summed E-state index contributed by atoms with van der Waals surface area (Å²) in [4.78, 5) is 4.52. The number of hydrogen-bond donors (Lipinski definition) is 1. The number of nitrogens with zero attached hydrogens (tertiary/aromatic N) is 2. The van der Waals surface area contributed by atoms with E-state index in [0.29, 0.717) is 23.3 Å². The van der Waals surface area contributed by atoms with E-state index in [-0.39, 0.29) is 11.7 Å². The number of aromatic nitrogens is 2. The van der Waals surface area contributed by atoms with Crippen LogP contribution in [-0.4, -0.2) is 23.2 Å². The van der Waals surface area contributed by atoms with Crippen molar-refractivity contribution in [1.29, 1.82) is 0 Å². The fraction of sp³-hybridized carbons (Fsp3) is 0.500. The van der Waals surface area contributed by atoms with E-state index in [1.165, 1.54) is 25.0 Å². The van der Waals surface area contributed by atoms with E-state index >= 15 is 0 Å². The molecule has 1 N–H and O–H groups in total. The zero-order valence-electron chi connectivity index (χ0n) is 12.4. The Morgan fingerprint density at radius 2 is 2.10 bits per heavy atom. The first-order valence-electron chi connectivity index (χ1n) is 7.46. The lowest BCUT2D eigenvalue weighted by Crippen LogP contribution is -2.34. The first-order valence-corrected chi connectivity index (χ1v) is 7.46. The molecule has 0 spiro atoms. The van der Waals surface area contributed by atoms with Crippen LogP contribution in [0.25, 0.3) is 11.4 Å². The highest BCUT2D eigenvalue weighted by molar-refractivity contribution is 5.59. The van der Waals surface area contributed by atoms with Gasteiger partial charge in [-0.3, -0.25) is 0 Å². The second kappa shape index (κ2) is 5.93. The number of likely N-dealkylation sites (N-methyl/N-ethyl adjacent to an activating group) is 1. The van der Waals surface area contributed by atoms with Crippen molar-refractivity contribution in [2.75, 3.05) is 7.05 Å². The van der Waals surface area contributed by atoms with Gasteiger partial charge in [0.25, 0.3) is 0 Å². The number of nitrogens with one attached hydrogen (secondary N) is 1. The van der Waals surface area contributed by atoms with Gasteiger partial charge >= 0.3 is 0 Å². The molecule has 2 atom stereocenters. The second-order valence-electron chi connectivity index (χ2n) is 5.70. The van der Waals surface area contributed by atoms with Crippen LogP contribution in [0, 0.1) is 12.7 Å². The molecule has 1 aromatic heterocycles. The molecule has 0 aliphatic heterocycles. The van der Waals surface area contributed by atoms with Gasteiger partial charge in [0.2, 0.25) is 11.7 Å². The Morgan fingerprint density at radius 3 is 2.90 bits per heavy atom. The third-order valence-corrected chi connectivity index (χ3v) is 4.34. The Balaban J connectivity index is 1.90. The Morgan fingerprint density at radius 1 is 1.29 bits per heavy atom. The summed E-state index contributed by atoms with van der Waals surface area (Å²) in [6, 6.07) is 5.01. The van der Waals surface area contributed by atoms with Gasteiger partial charge in [0, 0.05) is 11.6 Å². The van der Waals surface area contributed by atoms with Crippen LogP contribution in [0.3, 0.4) is 0 Å². The summed E-state index contributed by atoms with van der Waals surface area (Å²) >= 11 is 0. The monoisotopic (exact) mass is 289 g/mol. The van der Waals surface area contributed by atoms with Gasteiger partial charge in [-0.2, -0.15) is 4.98 Å². The Labute approximate surface area is 123 Å². The average molecular weight is 289 g/mol. The molecule has 1 aliphatic carbocycles. The molecule has 4 nitrogen and oxygen atoms in total. The summed E-state index contributed by atoms with van der Waals surface area (Å²) in [5, 5.41) is 7.39. The molecule has 0 amide bonds. The highest BCUT2D eigenvalue weighted by Gasteiger charge is 2.30. The largest absolute Gasteiger partial charge is 0.339 e. The van der Waals surface area contributed by atoms with Gasteiger partial charge in [-0.1, -0.05) is 24.1 Å². The number of aryl methyl sites for hydroxylation is 1. The highest BCUT2D eigenvalue weighted by atomic mass is 19.1. The molecule has 1 aliphatic rings. The van der Waals surface area contributed by atoms with Crippen LogP contribution in [0.2, 0.25) is 0 Å². The maximum absolute atomic E-state index is 13.4. The van der Waals surface area contributed by atoms with E-state index in [1.54, 1.807) is 6.07 Å². The fourth-order valence-electron chi connectivity index (χ4n) is 3.10. The third-order valence-electron chi connectivity index (χ3n) is 4.34. The van der Waals surface area contributed by atoms with Gasteiger partial charge in [-0.05, 0) is 44.5 Å². The first-order chi connectivity index (χ1) is 10.2. The van der Waals surface area contributed by atoms with Gasteiger partial charge in [-0.15, -0.1) is 0 Å². The lowest BCUT2D eigenvalue weighted by atomic mass is 9.84. The number of rotatable bonds is 3. The van der Waals surface area contributed by atoms with Crippen LogP contribution in [0.5, 0.6) is 0 Å². The topological polar surface area (TPSA) is 51.0 Å². The molecule has 2 unspecified atom stereocenters. The lowest BCUT2D eigenvalue weighted by molar-refractivity contribution is 0.270. The lowest BCUT2D eigenvalue weighted by Gasteiger charge is -2.28. The van der Waals surface area contributed by atoms with Crippen molar-refractivity contribution >= 4 is 0 Å². The molecule has 0 bridgehead atoms. The van der Waals surface area contributed by atoms with E-state index in [0.717, 1.165) is 18.4 Å². The van der Waals surface area contributed by atoms with Crippen LogP contribution >= 0.6 is 0 Å².